The number of hydrogen-bond acceptors (Lipinski definition) is 4. The molecule has 3 aromatic rings. The van der Waals surface area contributed by atoms with E-state index in [4.69, 9.17) is 37.1 Å². The van der Waals surface area contributed by atoms with Crippen molar-refractivity contribution in [3.8, 4) is 5.75 Å². The van der Waals surface area contributed by atoms with Crippen molar-refractivity contribution in [1.82, 2.24) is 0 Å². The number of halogens is 2. The third-order valence-corrected chi connectivity index (χ3v) is 3.95. The molecule has 0 bridgehead atoms. The number of benzene rings is 2. The van der Waals surface area contributed by atoms with E-state index in [1.807, 2.05) is 6.07 Å². The molecular formula is C17H12Cl2O4. The molecule has 0 radical (unpaired) electrons. The van der Waals surface area contributed by atoms with Gasteiger partial charge >= 0.3 is 5.97 Å². The molecule has 0 unspecified atom stereocenters. The zero-order valence-corrected chi connectivity index (χ0v) is 13.6. The van der Waals surface area contributed by atoms with Crippen molar-refractivity contribution in [3.63, 3.8) is 0 Å². The summed E-state index contributed by atoms with van der Waals surface area (Å²) in [5, 5.41) is 1.80. The fourth-order valence-electron chi connectivity index (χ4n) is 2.17. The molecule has 4 nitrogen and oxygen atoms in total. The van der Waals surface area contributed by atoms with Gasteiger partial charge in [0.2, 0.25) is 0 Å². The second-order valence-electron chi connectivity index (χ2n) is 4.82. The van der Waals surface area contributed by atoms with Gasteiger partial charge in [-0.05, 0) is 24.3 Å². The number of methoxy groups -OCH3 is 1. The maximum Gasteiger partial charge on any atom is 0.341 e. The van der Waals surface area contributed by atoms with E-state index in [0.29, 0.717) is 38.9 Å². The van der Waals surface area contributed by atoms with Gasteiger partial charge in [-0.1, -0.05) is 29.3 Å². The molecule has 0 fully saturated rings. The Morgan fingerprint density at radius 3 is 2.74 bits per heavy atom. The lowest BCUT2D eigenvalue weighted by Crippen LogP contribution is -1.99. The second-order valence-corrected chi connectivity index (χ2v) is 5.67. The minimum Gasteiger partial charge on any atom is -0.489 e. The highest BCUT2D eigenvalue weighted by atomic mass is 35.5. The molecular weight excluding hydrogens is 339 g/mol. The lowest BCUT2D eigenvalue weighted by Gasteiger charge is -2.08. The highest BCUT2D eigenvalue weighted by molar-refractivity contribution is 6.35. The van der Waals surface area contributed by atoms with Gasteiger partial charge < -0.3 is 13.9 Å². The number of ether oxygens (including phenoxy) is 2. The van der Waals surface area contributed by atoms with Crippen molar-refractivity contribution in [2.45, 2.75) is 6.61 Å². The van der Waals surface area contributed by atoms with Crippen molar-refractivity contribution < 1.29 is 18.7 Å². The molecule has 0 aliphatic rings. The van der Waals surface area contributed by atoms with Gasteiger partial charge in [-0.3, -0.25) is 0 Å². The molecule has 0 spiro atoms. The number of hydrogen-bond donors (Lipinski definition) is 0. The molecule has 0 saturated carbocycles. The van der Waals surface area contributed by atoms with Crippen molar-refractivity contribution in [3.05, 3.63) is 63.8 Å². The van der Waals surface area contributed by atoms with E-state index in [1.54, 1.807) is 30.3 Å². The van der Waals surface area contributed by atoms with Gasteiger partial charge in [0.1, 0.15) is 29.8 Å². The van der Waals surface area contributed by atoms with Crippen LogP contribution in [-0.2, 0) is 11.3 Å². The Hall–Kier alpha value is -2.17. The monoisotopic (exact) mass is 350 g/mol. The fraction of sp³-hybridized carbons (Fsp3) is 0.118. The summed E-state index contributed by atoms with van der Waals surface area (Å²) in [6.45, 7) is 0.298. The predicted molar refractivity (Wildman–Crippen MR) is 88.3 cm³/mol. The van der Waals surface area contributed by atoms with E-state index in [2.05, 4.69) is 0 Å². The van der Waals surface area contributed by atoms with Gasteiger partial charge in [-0.15, -0.1) is 0 Å². The first kappa shape index (κ1) is 15.7. The quantitative estimate of drug-likeness (QED) is 0.613. The lowest BCUT2D eigenvalue weighted by atomic mass is 10.1. The maximum absolute atomic E-state index is 11.6. The predicted octanol–water partition coefficient (Wildman–Crippen LogP) is 5.11. The minimum atomic E-state index is -0.439. The first-order valence-electron chi connectivity index (χ1n) is 6.75. The molecule has 3 rings (SSSR count). The van der Waals surface area contributed by atoms with Crippen LogP contribution in [0.3, 0.4) is 0 Å². The fourth-order valence-corrected chi connectivity index (χ4v) is 2.63. The molecule has 0 N–H and O–H groups in total. The van der Waals surface area contributed by atoms with E-state index in [1.165, 1.54) is 13.4 Å². The zero-order chi connectivity index (χ0) is 16.4. The van der Waals surface area contributed by atoms with Crippen LogP contribution in [-0.4, -0.2) is 13.1 Å². The average molecular weight is 351 g/mol. The smallest absolute Gasteiger partial charge is 0.341 e. The van der Waals surface area contributed by atoms with Crippen LogP contribution in [0.1, 0.15) is 15.9 Å². The summed E-state index contributed by atoms with van der Waals surface area (Å²) in [5.74, 6) is 0.166. The van der Waals surface area contributed by atoms with Crippen molar-refractivity contribution in [2.24, 2.45) is 0 Å². The molecule has 1 heterocycles. The molecule has 0 saturated heterocycles. The summed E-state index contributed by atoms with van der Waals surface area (Å²) in [7, 11) is 1.33. The molecule has 0 atom stereocenters. The molecule has 118 valence electrons. The normalized spacial score (nSPS) is 10.7. The summed E-state index contributed by atoms with van der Waals surface area (Å²) >= 11 is 12.0. The second kappa shape index (κ2) is 6.52. The average Bonchev–Trinajstić information content (AvgIpc) is 2.96. The number of fused-ring (bicyclic) bond motifs is 1. The third-order valence-electron chi connectivity index (χ3n) is 3.36. The summed E-state index contributed by atoms with van der Waals surface area (Å²) in [6.07, 6.45) is 1.37. The summed E-state index contributed by atoms with van der Waals surface area (Å²) in [4.78, 5) is 11.6. The van der Waals surface area contributed by atoms with Crippen LogP contribution in [0.25, 0.3) is 11.0 Å². The molecule has 6 heteroatoms. The van der Waals surface area contributed by atoms with Crippen molar-refractivity contribution >= 4 is 40.1 Å². The lowest BCUT2D eigenvalue weighted by molar-refractivity contribution is 0.0602. The maximum atomic E-state index is 11.6. The molecule has 2 aromatic carbocycles. The van der Waals surface area contributed by atoms with E-state index in [-0.39, 0.29) is 0 Å². The number of carbonyl (C=O) groups excluding carboxylic acids is 1. The summed E-state index contributed by atoms with van der Waals surface area (Å²) < 4.78 is 15.8. The Morgan fingerprint density at radius 1 is 1.17 bits per heavy atom. The zero-order valence-electron chi connectivity index (χ0n) is 12.1. The molecule has 23 heavy (non-hydrogen) atoms. The van der Waals surface area contributed by atoms with E-state index < -0.39 is 5.97 Å². The van der Waals surface area contributed by atoms with Crippen LogP contribution in [0.15, 0.2) is 47.1 Å². The van der Waals surface area contributed by atoms with Gasteiger partial charge in [0.25, 0.3) is 0 Å². The Balaban J connectivity index is 1.80. The molecule has 0 aliphatic carbocycles. The Bertz CT molecular complexity index is 870. The first-order chi connectivity index (χ1) is 11.1. The van der Waals surface area contributed by atoms with E-state index in [0.717, 1.165) is 5.56 Å². The number of carbonyl (C=O) groups is 1. The van der Waals surface area contributed by atoms with Gasteiger partial charge in [0.15, 0.2) is 0 Å². The van der Waals surface area contributed by atoms with Crippen LogP contribution in [0.5, 0.6) is 5.75 Å². The van der Waals surface area contributed by atoms with E-state index in [9.17, 15) is 4.79 Å². The largest absolute Gasteiger partial charge is 0.489 e. The highest BCUT2D eigenvalue weighted by Gasteiger charge is 2.14. The van der Waals surface area contributed by atoms with E-state index >= 15 is 0 Å². The summed E-state index contributed by atoms with van der Waals surface area (Å²) in [6, 6.07) is 10.5. The van der Waals surface area contributed by atoms with Gasteiger partial charge in [-0.25, -0.2) is 4.79 Å². The van der Waals surface area contributed by atoms with Crippen LogP contribution in [0, 0.1) is 0 Å². The number of rotatable bonds is 4. The Kier molecular flexibility index (Phi) is 4.46. The molecule has 0 aliphatic heterocycles. The van der Waals surface area contributed by atoms with Crippen LogP contribution >= 0.6 is 23.2 Å². The van der Waals surface area contributed by atoms with Gasteiger partial charge in [0, 0.05) is 27.1 Å². The number of esters is 1. The van der Waals surface area contributed by atoms with Crippen molar-refractivity contribution in [2.75, 3.05) is 7.11 Å². The molecule has 1 aromatic heterocycles. The van der Waals surface area contributed by atoms with Gasteiger partial charge in [0.05, 0.1) is 7.11 Å². The first-order valence-corrected chi connectivity index (χ1v) is 7.50. The third kappa shape index (κ3) is 3.28. The Morgan fingerprint density at radius 2 is 2.00 bits per heavy atom. The van der Waals surface area contributed by atoms with Crippen LogP contribution in [0.4, 0.5) is 0 Å². The standard InChI is InChI=1S/C17H12Cl2O4/c1-21-17(20)14-9-23-16-7-12(4-5-13(14)16)22-8-10-2-3-11(18)6-15(10)19/h2-7,9H,8H2,1H3. The van der Waals surface area contributed by atoms with Crippen LogP contribution < -0.4 is 4.74 Å². The topological polar surface area (TPSA) is 48.7 Å². The molecule has 0 amide bonds. The highest BCUT2D eigenvalue weighted by Crippen LogP contribution is 2.27. The van der Waals surface area contributed by atoms with Crippen LogP contribution in [0.2, 0.25) is 10.0 Å². The van der Waals surface area contributed by atoms with Crippen molar-refractivity contribution in [1.29, 1.82) is 0 Å². The van der Waals surface area contributed by atoms with Gasteiger partial charge in [-0.2, -0.15) is 0 Å². The summed E-state index contributed by atoms with van der Waals surface area (Å²) in [5.41, 5.74) is 1.76. The SMILES string of the molecule is COC(=O)c1coc2cc(OCc3ccc(Cl)cc3Cl)ccc12. The minimum absolute atomic E-state index is 0.298. The Labute approximate surface area is 142 Å². The number of furan rings is 1.